The van der Waals surface area contributed by atoms with Crippen molar-refractivity contribution in [3.05, 3.63) is 48.0 Å². The molecule has 0 radical (unpaired) electrons. The van der Waals surface area contributed by atoms with Gasteiger partial charge in [-0.3, -0.25) is 4.79 Å². The largest absolute Gasteiger partial charge is 0.335 e. The normalized spacial score (nSPS) is 17.4. The topological polar surface area (TPSA) is 38.1 Å². The Morgan fingerprint density at radius 3 is 3.00 bits per heavy atom. The number of aryl methyl sites for hydroxylation is 1. The van der Waals surface area contributed by atoms with Crippen LogP contribution in [-0.2, 0) is 17.8 Å². The summed E-state index contributed by atoms with van der Waals surface area (Å²) in [5.41, 5.74) is 2.24. The average Bonchev–Trinajstić information content (AvgIpc) is 3.01. The second kappa shape index (κ2) is 5.95. The number of fused-ring (bicyclic) bond motifs is 1. The molecule has 4 nitrogen and oxygen atoms in total. The maximum absolute atomic E-state index is 12.8. The predicted molar refractivity (Wildman–Crippen MR) is 88.0 cm³/mol. The van der Waals surface area contributed by atoms with Crippen molar-refractivity contribution in [2.24, 2.45) is 5.92 Å². The van der Waals surface area contributed by atoms with Gasteiger partial charge in [0.2, 0.25) is 5.91 Å². The van der Waals surface area contributed by atoms with E-state index < -0.39 is 0 Å². The summed E-state index contributed by atoms with van der Waals surface area (Å²) >= 11 is 0. The minimum Gasteiger partial charge on any atom is -0.335 e. The van der Waals surface area contributed by atoms with Crippen LogP contribution in [0.2, 0.25) is 0 Å². The summed E-state index contributed by atoms with van der Waals surface area (Å²) in [4.78, 5) is 19.0. The molecule has 0 aliphatic carbocycles. The molecule has 1 aromatic heterocycles. The van der Waals surface area contributed by atoms with Gasteiger partial charge in [-0.2, -0.15) is 0 Å². The third-order valence-corrected chi connectivity index (χ3v) is 4.55. The summed E-state index contributed by atoms with van der Waals surface area (Å²) in [7, 11) is 1.88. The van der Waals surface area contributed by atoms with Crippen molar-refractivity contribution in [3.8, 4) is 0 Å². The Labute approximate surface area is 131 Å². The van der Waals surface area contributed by atoms with Crippen molar-refractivity contribution < 1.29 is 4.79 Å². The van der Waals surface area contributed by atoms with Gasteiger partial charge in [-0.25, -0.2) is 4.98 Å². The molecule has 0 saturated carbocycles. The zero-order valence-electron chi connectivity index (χ0n) is 13.5. The summed E-state index contributed by atoms with van der Waals surface area (Å²) < 4.78 is 2.14. The lowest BCUT2D eigenvalue weighted by atomic mass is 9.95. The summed E-state index contributed by atoms with van der Waals surface area (Å²) in [5.74, 6) is 1.71. The van der Waals surface area contributed by atoms with E-state index >= 15 is 0 Å². The molecule has 3 rings (SSSR count). The van der Waals surface area contributed by atoms with Gasteiger partial charge in [0.05, 0.1) is 0 Å². The number of amides is 1. The van der Waals surface area contributed by atoms with Crippen molar-refractivity contribution in [3.63, 3.8) is 0 Å². The van der Waals surface area contributed by atoms with Gasteiger partial charge in [-0.1, -0.05) is 26.0 Å². The van der Waals surface area contributed by atoms with Gasteiger partial charge in [-0.05, 0) is 30.0 Å². The van der Waals surface area contributed by atoms with Crippen LogP contribution in [0.15, 0.2) is 36.7 Å². The highest BCUT2D eigenvalue weighted by atomic mass is 16.2. The Morgan fingerprint density at radius 1 is 1.41 bits per heavy atom. The van der Waals surface area contributed by atoms with E-state index in [0.29, 0.717) is 5.92 Å². The third kappa shape index (κ3) is 2.78. The number of rotatable bonds is 3. The van der Waals surface area contributed by atoms with Crippen LogP contribution < -0.4 is 4.90 Å². The van der Waals surface area contributed by atoms with Crippen LogP contribution in [0, 0.1) is 5.92 Å². The van der Waals surface area contributed by atoms with Crippen molar-refractivity contribution in [1.29, 1.82) is 0 Å². The standard InChI is InChI=1S/C18H23N3O/c1-13(2)14-5-4-6-16(11-14)20(3)18(22)15-7-9-21-10-8-19-17(21)12-15/h4-6,8,10-11,13,15H,7,9,12H2,1-3H3. The summed E-state index contributed by atoms with van der Waals surface area (Å²) in [5, 5.41) is 0. The molecule has 1 aliphatic rings. The van der Waals surface area contributed by atoms with Crippen LogP contribution in [-0.4, -0.2) is 22.5 Å². The van der Waals surface area contributed by atoms with E-state index in [2.05, 4.69) is 35.5 Å². The van der Waals surface area contributed by atoms with Gasteiger partial charge >= 0.3 is 0 Å². The molecule has 1 amide bonds. The number of nitrogens with zero attached hydrogens (tertiary/aromatic N) is 3. The molecular formula is C18H23N3O. The number of aromatic nitrogens is 2. The van der Waals surface area contributed by atoms with Crippen molar-refractivity contribution >= 4 is 11.6 Å². The predicted octanol–water partition coefficient (Wildman–Crippen LogP) is 3.23. The fourth-order valence-corrected chi connectivity index (χ4v) is 3.06. The lowest BCUT2D eigenvalue weighted by molar-refractivity contribution is -0.122. The van der Waals surface area contributed by atoms with Gasteiger partial charge < -0.3 is 9.47 Å². The first-order valence-corrected chi connectivity index (χ1v) is 7.94. The zero-order chi connectivity index (χ0) is 15.7. The summed E-state index contributed by atoms with van der Waals surface area (Å²) in [6.45, 7) is 5.22. The van der Waals surface area contributed by atoms with E-state index in [1.165, 1.54) is 5.56 Å². The molecule has 116 valence electrons. The van der Waals surface area contributed by atoms with Crippen molar-refractivity contribution in [2.45, 2.75) is 39.2 Å². The average molecular weight is 297 g/mol. The molecule has 22 heavy (non-hydrogen) atoms. The highest BCUT2D eigenvalue weighted by molar-refractivity contribution is 5.94. The summed E-state index contributed by atoms with van der Waals surface area (Å²) in [6.07, 6.45) is 5.43. The molecule has 1 unspecified atom stereocenters. The number of carbonyl (C=O) groups excluding carboxylic acids is 1. The van der Waals surface area contributed by atoms with E-state index in [0.717, 1.165) is 30.9 Å². The first-order valence-electron chi connectivity index (χ1n) is 7.94. The molecule has 2 heterocycles. The van der Waals surface area contributed by atoms with Crippen LogP contribution in [0.5, 0.6) is 0 Å². The number of hydrogen-bond acceptors (Lipinski definition) is 2. The first-order chi connectivity index (χ1) is 10.6. The maximum Gasteiger partial charge on any atom is 0.230 e. The molecule has 1 aromatic carbocycles. The van der Waals surface area contributed by atoms with E-state index in [9.17, 15) is 4.79 Å². The quantitative estimate of drug-likeness (QED) is 0.872. The van der Waals surface area contributed by atoms with E-state index in [1.807, 2.05) is 31.6 Å². The van der Waals surface area contributed by atoms with E-state index in [4.69, 9.17) is 0 Å². The fourth-order valence-electron chi connectivity index (χ4n) is 3.06. The molecule has 0 fully saturated rings. The van der Waals surface area contributed by atoms with Crippen LogP contribution in [0.25, 0.3) is 0 Å². The molecule has 0 spiro atoms. The van der Waals surface area contributed by atoms with Crippen LogP contribution in [0.3, 0.4) is 0 Å². The SMILES string of the molecule is CC(C)c1cccc(N(C)C(=O)C2CCn3ccnc3C2)c1. The molecule has 0 saturated heterocycles. The van der Waals surface area contributed by atoms with Crippen LogP contribution in [0.1, 0.15) is 37.6 Å². The van der Waals surface area contributed by atoms with Gasteiger partial charge in [0.1, 0.15) is 5.82 Å². The highest BCUT2D eigenvalue weighted by Gasteiger charge is 2.28. The molecular weight excluding hydrogens is 274 g/mol. The van der Waals surface area contributed by atoms with Crippen LogP contribution >= 0.6 is 0 Å². The highest BCUT2D eigenvalue weighted by Crippen LogP contribution is 2.25. The van der Waals surface area contributed by atoms with Crippen molar-refractivity contribution in [2.75, 3.05) is 11.9 Å². The molecule has 0 bridgehead atoms. The minimum absolute atomic E-state index is 0.0302. The second-order valence-electron chi connectivity index (χ2n) is 6.37. The smallest absolute Gasteiger partial charge is 0.230 e. The van der Waals surface area contributed by atoms with E-state index in [-0.39, 0.29) is 11.8 Å². The number of hydrogen-bond donors (Lipinski definition) is 0. The Kier molecular flexibility index (Phi) is 4.01. The molecule has 2 aromatic rings. The number of anilines is 1. The van der Waals surface area contributed by atoms with Crippen molar-refractivity contribution in [1.82, 2.24) is 9.55 Å². The Balaban J connectivity index is 1.76. The number of benzene rings is 1. The third-order valence-electron chi connectivity index (χ3n) is 4.55. The van der Waals surface area contributed by atoms with E-state index in [1.54, 1.807) is 4.90 Å². The van der Waals surface area contributed by atoms with Gasteiger partial charge in [0, 0.05) is 44.0 Å². The number of imidazole rings is 1. The molecule has 1 aliphatic heterocycles. The molecule has 4 heteroatoms. The Morgan fingerprint density at radius 2 is 2.23 bits per heavy atom. The van der Waals surface area contributed by atoms with Gasteiger partial charge in [0.15, 0.2) is 0 Å². The molecule has 0 N–H and O–H groups in total. The first kappa shape index (κ1) is 14.8. The van der Waals surface area contributed by atoms with Gasteiger partial charge in [-0.15, -0.1) is 0 Å². The monoisotopic (exact) mass is 297 g/mol. The maximum atomic E-state index is 12.8. The lowest BCUT2D eigenvalue weighted by Gasteiger charge is -2.27. The lowest BCUT2D eigenvalue weighted by Crippen LogP contribution is -2.37. The van der Waals surface area contributed by atoms with Gasteiger partial charge in [0.25, 0.3) is 0 Å². The Bertz CT molecular complexity index is 674. The fraction of sp³-hybridized carbons (Fsp3) is 0.444. The zero-order valence-corrected chi connectivity index (χ0v) is 13.5. The molecule has 1 atom stereocenters. The number of carbonyl (C=O) groups is 1. The summed E-state index contributed by atoms with van der Waals surface area (Å²) in [6, 6.07) is 8.27. The van der Waals surface area contributed by atoms with Crippen LogP contribution in [0.4, 0.5) is 5.69 Å². The Hall–Kier alpha value is -2.10. The minimum atomic E-state index is 0.0302. The second-order valence-corrected chi connectivity index (χ2v) is 6.37.